The number of aromatic nitrogens is 3. The summed E-state index contributed by atoms with van der Waals surface area (Å²) in [7, 11) is 0. The molecule has 9 nitrogen and oxygen atoms in total. The molecule has 0 fully saturated rings. The fourth-order valence-corrected chi connectivity index (χ4v) is 1.91. The van der Waals surface area contributed by atoms with E-state index in [1.165, 1.54) is 4.68 Å². The molecule has 0 spiro atoms. The van der Waals surface area contributed by atoms with Crippen LogP contribution in [-0.2, 0) is 0 Å². The van der Waals surface area contributed by atoms with E-state index in [9.17, 15) is 20.2 Å². The van der Waals surface area contributed by atoms with Crippen molar-refractivity contribution >= 4 is 27.3 Å². The summed E-state index contributed by atoms with van der Waals surface area (Å²) in [5.74, 6) is -0.0631. The zero-order valence-electron chi connectivity index (χ0n) is 10.4. The molecule has 0 atom stereocenters. The highest BCUT2D eigenvalue weighted by Gasteiger charge is 2.25. The van der Waals surface area contributed by atoms with Crippen LogP contribution in [0, 0.1) is 34.1 Å². The van der Waals surface area contributed by atoms with Gasteiger partial charge in [-0.25, -0.2) is 9.67 Å². The van der Waals surface area contributed by atoms with Gasteiger partial charge < -0.3 is 0 Å². The topological polar surface area (TPSA) is 117 Å². The second-order valence-corrected chi connectivity index (χ2v) is 4.74. The van der Waals surface area contributed by atoms with Crippen LogP contribution in [0.15, 0.2) is 16.7 Å². The molecule has 0 N–H and O–H groups in total. The van der Waals surface area contributed by atoms with Crippen molar-refractivity contribution in [1.82, 2.24) is 14.8 Å². The first kappa shape index (κ1) is 14.1. The Morgan fingerprint density at radius 2 is 1.90 bits per heavy atom. The van der Waals surface area contributed by atoms with Crippen molar-refractivity contribution in [2.45, 2.75) is 13.8 Å². The van der Waals surface area contributed by atoms with Gasteiger partial charge in [-0.15, -0.1) is 0 Å². The lowest BCUT2D eigenvalue weighted by Gasteiger charge is -2.04. The molecule has 2 aromatic rings. The molecular formula is C10H8BrN5O4. The summed E-state index contributed by atoms with van der Waals surface area (Å²) in [4.78, 5) is 24.1. The molecule has 0 saturated heterocycles. The molecule has 0 bridgehead atoms. The molecule has 104 valence electrons. The van der Waals surface area contributed by atoms with Crippen LogP contribution in [0.3, 0.4) is 0 Å². The Kier molecular flexibility index (Phi) is 3.49. The van der Waals surface area contributed by atoms with Crippen LogP contribution in [0.5, 0.6) is 0 Å². The van der Waals surface area contributed by atoms with Gasteiger partial charge in [-0.05, 0) is 29.8 Å². The van der Waals surface area contributed by atoms with Crippen molar-refractivity contribution in [3.8, 4) is 5.82 Å². The first-order valence-electron chi connectivity index (χ1n) is 5.34. The number of nitro groups is 2. The third-order valence-electron chi connectivity index (χ3n) is 2.64. The molecule has 2 rings (SSSR count). The van der Waals surface area contributed by atoms with Crippen molar-refractivity contribution in [2.75, 3.05) is 0 Å². The van der Waals surface area contributed by atoms with E-state index in [0.717, 1.165) is 12.3 Å². The van der Waals surface area contributed by atoms with Gasteiger partial charge in [0.2, 0.25) is 5.82 Å². The lowest BCUT2D eigenvalue weighted by atomic mass is 10.3. The first-order valence-corrected chi connectivity index (χ1v) is 6.13. The highest BCUT2D eigenvalue weighted by molar-refractivity contribution is 9.10. The average molecular weight is 342 g/mol. The van der Waals surface area contributed by atoms with E-state index in [-0.39, 0.29) is 5.82 Å². The van der Waals surface area contributed by atoms with Gasteiger partial charge >= 0.3 is 5.69 Å². The molecule has 0 aromatic carbocycles. The molecule has 0 radical (unpaired) electrons. The van der Waals surface area contributed by atoms with Gasteiger partial charge in [-0.3, -0.25) is 20.2 Å². The Morgan fingerprint density at radius 3 is 2.35 bits per heavy atom. The number of pyridine rings is 1. The van der Waals surface area contributed by atoms with E-state index in [0.29, 0.717) is 15.9 Å². The summed E-state index contributed by atoms with van der Waals surface area (Å²) in [6.45, 7) is 3.43. The molecule has 0 aliphatic rings. The van der Waals surface area contributed by atoms with Crippen LogP contribution >= 0.6 is 15.9 Å². The lowest BCUT2D eigenvalue weighted by Crippen LogP contribution is -2.07. The monoisotopic (exact) mass is 341 g/mol. The predicted octanol–water partition coefficient (Wildman–Crippen LogP) is 2.46. The minimum absolute atomic E-state index is 0.0631. The van der Waals surface area contributed by atoms with E-state index < -0.39 is 21.2 Å². The number of aryl methyl sites for hydroxylation is 1. The normalized spacial score (nSPS) is 10.6. The zero-order valence-corrected chi connectivity index (χ0v) is 12.0. The van der Waals surface area contributed by atoms with Crippen molar-refractivity contribution in [1.29, 1.82) is 0 Å². The maximum absolute atomic E-state index is 11.1. The van der Waals surface area contributed by atoms with Gasteiger partial charge in [0, 0.05) is 0 Å². The van der Waals surface area contributed by atoms with E-state index in [1.54, 1.807) is 13.8 Å². The average Bonchev–Trinajstić information content (AvgIpc) is 2.65. The quantitative estimate of drug-likeness (QED) is 0.625. The third-order valence-corrected chi connectivity index (χ3v) is 3.79. The molecule has 10 heteroatoms. The third kappa shape index (κ3) is 2.25. The van der Waals surface area contributed by atoms with Gasteiger partial charge in [-0.1, -0.05) is 0 Å². The molecule has 2 aromatic heterocycles. The predicted molar refractivity (Wildman–Crippen MR) is 71.8 cm³/mol. The van der Waals surface area contributed by atoms with Crippen molar-refractivity contribution in [3.05, 3.63) is 48.4 Å². The number of rotatable bonds is 3. The molecule has 0 aliphatic heterocycles. The van der Waals surface area contributed by atoms with Crippen molar-refractivity contribution in [2.24, 2.45) is 0 Å². The molecule has 0 unspecified atom stereocenters. The van der Waals surface area contributed by atoms with Gasteiger partial charge in [0.15, 0.2) is 0 Å². The van der Waals surface area contributed by atoms with E-state index in [2.05, 4.69) is 26.0 Å². The lowest BCUT2D eigenvalue weighted by molar-refractivity contribution is -0.394. The fourth-order valence-electron chi connectivity index (χ4n) is 1.66. The molecule has 20 heavy (non-hydrogen) atoms. The van der Waals surface area contributed by atoms with Gasteiger partial charge in [0.05, 0.1) is 31.8 Å². The van der Waals surface area contributed by atoms with E-state index in [1.807, 2.05) is 0 Å². The highest BCUT2D eigenvalue weighted by atomic mass is 79.9. The number of nitrogens with zero attached hydrogens (tertiary/aromatic N) is 5. The van der Waals surface area contributed by atoms with Crippen LogP contribution in [0.1, 0.15) is 11.4 Å². The Balaban J connectivity index is 2.70. The largest absolute Gasteiger partial charge is 0.320 e. The van der Waals surface area contributed by atoms with Crippen molar-refractivity contribution in [3.63, 3.8) is 0 Å². The van der Waals surface area contributed by atoms with Crippen LogP contribution in [0.25, 0.3) is 5.82 Å². The summed E-state index contributed by atoms with van der Waals surface area (Å²) in [5, 5.41) is 25.9. The molecule has 0 amide bonds. The summed E-state index contributed by atoms with van der Waals surface area (Å²) in [5.41, 5.74) is 0.335. The maximum atomic E-state index is 11.1. The zero-order chi connectivity index (χ0) is 15.0. The Labute approximate surface area is 120 Å². The van der Waals surface area contributed by atoms with Gasteiger partial charge in [0.25, 0.3) is 5.69 Å². The minimum Gasteiger partial charge on any atom is -0.258 e. The van der Waals surface area contributed by atoms with Crippen LogP contribution in [0.4, 0.5) is 11.4 Å². The fraction of sp³-hybridized carbons (Fsp3) is 0.200. The summed E-state index contributed by atoms with van der Waals surface area (Å²) in [6, 6.07) is 0.868. The van der Waals surface area contributed by atoms with Gasteiger partial charge in [-0.2, -0.15) is 5.10 Å². The molecule has 2 heterocycles. The van der Waals surface area contributed by atoms with Crippen molar-refractivity contribution < 1.29 is 9.85 Å². The highest BCUT2D eigenvalue weighted by Crippen LogP contribution is 2.29. The number of hydrogen-bond donors (Lipinski definition) is 0. The summed E-state index contributed by atoms with van der Waals surface area (Å²) in [6.07, 6.45) is 0.965. The maximum Gasteiger partial charge on any atom is 0.320 e. The standard InChI is InChI=1S/C10H8BrN5O4/c1-5-9(11)6(2)14(13-5)10-8(16(19)20)3-7(4-12-10)15(17)18/h3-4H,1-2H3. The van der Waals surface area contributed by atoms with Crippen LogP contribution < -0.4 is 0 Å². The first-order chi connectivity index (χ1) is 9.32. The van der Waals surface area contributed by atoms with E-state index >= 15 is 0 Å². The Morgan fingerprint density at radius 1 is 1.25 bits per heavy atom. The molecular weight excluding hydrogens is 334 g/mol. The Bertz CT molecular complexity index is 727. The van der Waals surface area contributed by atoms with E-state index in [4.69, 9.17) is 0 Å². The second kappa shape index (κ2) is 4.96. The Hall–Kier alpha value is -2.36. The smallest absolute Gasteiger partial charge is 0.258 e. The molecule has 0 aliphatic carbocycles. The number of hydrogen-bond acceptors (Lipinski definition) is 6. The second-order valence-electron chi connectivity index (χ2n) is 3.95. The van der Waals surface area contributed by atoms with Crippen LogP contribution in [-0.4, -0.2) is 24.6 Å². The number of halogens is 1. The summed E-state index contributed by atoms with van der Waals surface area (Å²) < 4.78 is 1.98. The minimum atomic E-state index is -0.735. The summed E-state index contributed by atoms with van der Waals surface area (Å²) >= 11 is 3.31. The van der Waals surface area contributed by atoms with Gasteiger partial charge in [0.1, 0.15) is 6.20 Å². The molecule has 0 saturated carbocycles. The van der Waals surface area contributed by atoms with Crippen LogP contribution in [0.2, 0.25) is 0 Å². The SMILES string of the molecule is Cc1nn(-c2ncc([N+](=O)[O-])cc2[N+](=O)[O-])c(C)c1Br.